The van der Waals surface area contributed by atoms with Crippen LogP contribution in [0.2, 0.25) is 5.02 Å². The lowest BCUT2D eigenvalue weighted by atomic mass is 9.95. The van der Waals surface area contributed by atoms with Gasteiger partial charge in [0.15, 0.2) is 4.80 Å². The van der Waals surface area contributed by atoms with Crippen LogP contribution in [0.4, 0.5) is 5.69 Å². The number of carbonyl (C=O) groups is 1. The van der Waals surface area contributed by atoms with Crippen molar-refractivity contribution in [2.24, 2.45) is 4.99 Å². The van der Waals surface area contributed by atoms with Crippen molar-refractivity contribution in [3.63, 3.8) is 0 Å². The van der Waals surface area contributed by atoms with Gasteiger partial charge in [-0.15, -0.1) is 0 Å². The second-order valence-corrected chi connectivity index (χ2v) is 11.2. The van der Waals surface area contributed by atoms with Crippen LogP contribution in [0.15, 0.2) is 93.9 Å². The van der Waals surface area contributed by atoms with Crippen molar-refractivity contribution < 1.29 is 14.3 Å². The Labute approximate surface area is 247 Å². The predicted molar refractivity (Wildman–Crippen MR) is 163 cm³/mol. The van der Waals surface area contributed by atoms with Gasteiger partial charge in [0.05, 0.1) is 28.5 Å². The van der Waals surface area contributed by atoms with E-state index in [1.165, 1.54) is 11.3 Å². The highest BCUT2D eigenvalue weighted by Gasteiger charge is 2.33. The number of nitrogens with zero attached hydrogens (tertiary/aromatic N) is 3. The standard InChI is InChI=1S/C32H30ClN3O4S/c1-5-39-31(38)28-20(2)34-32-36(29(28)22-13-15-24(16-14-22)35(3)4)30(37)27(41-32)18-21-9-8-11-25(17-21)40-19-23-10-6-7-12-26(23)33/h6-18,29H,5,19H2,1-4H3/b27-18-. The van der Waals surface area contributed by atoms with Crippen LogP contribution in [-0.2, 0) is 16.1 Å². The zero-order chi connectivity index (χ0) is 29.1. The number of hydrogen-bond acceptors (Lipinski definition) is 7. The smallest absolute Gasteiger partial charge is 0.338 e. The molecule has 0 amide bonds. The van der Waals surface area contributed by atoms with E-state index in [1.807, 2.05) is 97.9 Å². The molecule has 210 valence electrons. The average molecular weight is 588 g/mol. The van der Waals surface area contributed by atoms with Crippen LogP contribution in [0.25, 0.3) is 6.08 Å². The molecule has 1 aliphatic heterocycles. The van der Waals surface area contributed by atoms with E-state index in [9.17, 15) is 9.59 Å². The summed E-state index contributed by atoms with van der Waals surface area (Å²) >= 11 is 7.55. The van der Waals surface area contributed by atoms with E-state index >= 15 is 0 Å². The lowest BCUT2D eigenvalue weighted by Crippen LogP contribution is -2.39. The average Bonchev–Trinajstić information content (AvgIpc) is 3.26. The molecule has 4 aromatic rings. The van der Waals surface area contributed by atoms with E-state index in [1.54, 1.807) is 18.4 Å². The molecule has 0 saturated carbocycles. The molecule has 0 fully saturated rings. The Kier molecular flexibility index (Phi) is 8.42. The maximum atomic E-state index is 13.9. The van der Waals surface area contributed by atoms with Gasteiger partial charge in [0.1, 0.15) is 12.4 Å². The minimum absolute atomic E-state index is 0.223. The first kappa shape index (κ1) is 28.4. The van der Waals surface area contributed by atoms with Crippen molar-refractivity contribution >= 4 is 40.7 Å². The molecule has 0 spiro atoms. The lowest BCUT2D eigenvalue weighted by Gasteiger charge is -2.25. The Bertz CT molecular complexity index is 1810. The van der Waals surface area contributed by atoms with Gasteiger partial charge in [-0.2, -0.15) is 0 Å². The topological polar surface area (TPSA) is 73.1 Å². The van der Waals surface area contributed by atoms with Gasteiger partial charge in [-0.1, -0.05) is 65.4 Å². The lowest BCUT2D eigenvalue weighted by molar-refractivity contribution is -0.139. The summed E-state index contributed by atoms with van der Waals surface area (Å²) in [6.07, 6.45) is 1.82. The third kappa shape index (κ3) is 5.99. The predicted octanol–water partition coefficient (Wildman–Crippen LogP) is 5.10. The van der Waals surface area contributed by atoms with Gasteiger partial charge in [-0.05, 0) is 61.4 Å². The van der Waals surface area contributed by atoms with Crippen LogP contribution in [0.5, 0.6) is 5.75 Å². The van der Waals surface area contributed by atoms with E-state index in [0.29, 0.717) is 38.0 Å². The molecular formula is C32H30ClN3O4S. The molecule has 0 N–H and O–H groups in total. The normalized spacial score (nSPS) is 14.9. The highest BCUT2D eigenvalue weighted by Crippen LogP contribution is 2.31. The van der Waals surface area contributed by atoms with E-state index in [2.05, 4.69) is 4.99 Å². The third-order valence-corrected chi connectivity index (χ3v) is 8.10. The van der Waals surface area contributed by atoms with Gasteiger partial charge in [0, 0.05) is 30.4 Å². The number of carbonyl (C=O) groups excluding carboxylic acids is 1. The quantitative estimate of drug-likeness (QED) is 0.268. The summed E-state index contributed by atoms with van der Waals surface area (Å²) < 4.78 is 13.5. The second-order valence-electron chi connectivity index (χ2n) is 9.74. The van der Waals surface area contributed by atoms with Crippen LogP contribution in [-0.4, -0.2) is 31.2 Å². The molecule has 0 bridgehead atoms. The summed E-state index contributed by atoms with van der Waals surface area (Å²) in [4.78, 5) is 34.2. The number of anilines is 1. The first-order chi connectivity index (χ1) is 19.8. The summed E-state index contributed by atoms with van der Waals surface area (Å²) in [6.45, 7) is 4.09. The molecule has 1 aliphatic rings. The summed E-state index contributed by atoms with van der Waals surface area (Å²) in [6, 6.07) is 22.2. The molecule has 0 aliphatic carbocycles. The Hall–Kier alpha value is -4.14. The Morgan fingerprint density at radius 3 is 2.56 bits per heavy atom. The number of fused-ring (bicyclic) bond motifs is 1. The van der Waals surface area contributed by atoms with Gasteiger partial charge in [-0.25, -0.2) is 9.79 Å². The van der Waals surface area contributed by atoms with Crippen LogP contribution < -0.4 is 24.5 Å². The number of rotatable bonds is 8. The monoisotopic (exact) mass is 587 g/mol. The number of esters is 1. The molecule has 3 aromatic carbocycles. The SMILES string of the molecule is CCOC(=O)C1=C(C)N=c2s/c(=C\c3cccc(OCc4ccccc4Cl)c3)c(=O)n2C1c1ccc(N(C)C)cc1. The van der Waals surface area contributed by atoms with E-state index in [0.717, 1.165) is 22.4 Å². The first-order valence-electron chi connectivity index (χ1n) is 13.2. The molecule has 2 heterocycles. The number of hydrogen-bond donors (Lipinski definition) is 0. The molecule has 0 radical (unpaired) electrons. The number of ether oxygens (including phenoxy) is 2. The fourth-order valence-electron chi connectivity index (χ4n) is 4.68. The molecule has 1 aromatic heterocycles. The third-order valence-electron chi connectivity index (χ3n) is 6.75. The van der Waals surface area contributed by atoms with Crippen molar-refractivity contribution in [1.29, 1.82) is 0 Å². The molecule has 1 atom stereocenters. The maximum Gasteiger partial charge on any atom is 0.338 e. The fraction of sp³-hybridized carbons (Fsp3) is 0.219. The minimum atomic E-state index is -0.658. The van der Waals surface area contributed by atoms with Gasteiger partial charge < -0.3 is 14.4 Å². The highest BCUT2D eigenvalue weighted by atomic mass is 35.5. The summed E-state index contributed by atoms with van der Waals surface area (Å²) in [5.41, 5.74) is 4.17. The molecule has 1 unspecified atom stereocenters. The van der Waals surface area contributed by atoms with Crippen LogP contribution in [0.3, 0.4) is 0 Å². The van der Waals surface area contributed by atoms with Crippen molar-refractivity contribution in [2.75, 3.05) is 25.6 Å². The summed E-state index contributed by atoms with van der Waals surface area (Å²) in [5.74, 6) is 0.179. The van der Waals surface area contributed by atoms with Crippen LogP contribution >= 0.6 is 22.9 Å². The Morgan fingerprint density at radius 2 is 1.85 bits per heavy atom. The summed E-state index contributed by atoms with van der Waals surface area (Å²) in [7, 11) is 3.92. The van der Waals surface area contributed by atoms with E-state index < -0.39 is 12.0 Å². The highest BCUT2D eigenvalue weighted by molar-refractivity contribution is 7.07. The molecule has 41 heavy (non-hydrogen) atoms. The van der Waals surface area contributed by atoms with Gasteiger partial charge in [0.2, 0.25) is 0 Å². The van der Waals surface area contributed by atoms with Gasteiger partial charge >= 0.3 is 5.97 Å². The molecule has 0 saturated heterocycles. The van der Waals surface area contributed by atoms with Crippen molar-refractivity contribution in [1.82, 2.24) is 4.57 Å². The van der Waals surface area contributed by atoms with Gasteiger partial charge in [0.25, 0.3) is 5.56 Å². The molecule has 7 nitrogen and oxygen atoms in total. The number of allylic oxidation sites excluding steroid dienone is 1. The number of thiazole rings is 1. The molecule has 5 rings (SSSR count). The minimum Gasteiger partial charge on any atom is -0.489 e. The Morgan fingerprint density at radius 1 is 1.10 bits per heavy atom. The van der Waals surface area contributed by atoms with Crippen molar-refractivity contribution in [3.8, 4) is 5.75 Å². The van der Waals surface area contributed by atoms with Crippen molar-refractivity contribution in [3.05, 3.63) is 125 Å². The van der Waals surface area contributed by atoms with Crippen molar-refractivity contribution in [2.45, 2.75) is 26.5 Å². The van der Waals surface area contributed by atoms with Crippen LogP contribution in [0.1, 0.15) is 36.6 Å². The number of halogens is 1. The van der Waals surface area contributed by atoms with Gasteiger partial charge in [-0.3, -0.25) is 9.36 Å². The zero-order valence-electron chi connectivity index (χ0n) is 23.3. The molecule has 9 heteroatoms. The Balaban J connectivity index is 1.55. The summed E-state index contributed by atoms with van der Waals surface area (Å²) in [5, 5.41) is 0.646. The fourth-order valence-corrected chi connectivity index (χ4v) is 5.92. The number of aromatic nitrogens is 1. The maximum absolute atomic E-state index is 13.9. The van der Waals surface area contributed by atoms with E-state index in [4.69, 9.17) is 21.1 Å². The van der Waals surface area contributed by atoms with E-state index in [-0.39, 0.29) is 12.2 Å². The molecular weight excluding hydrogens is 558 g/mol. The number of benzene rings is 3. The largest absolute Gasteiger partial charge is 0.489 e. The van der Waals surface area contributed by atoms with Crippen LogP contribution in [0, 0.1) is 0 Å². The first-order valence-corrected chi connectivity index (χ1v) is 14.4. The zero-order valence-corrected chi connectivity index (χ0v) is 24.8. The second kappa shape index (κ2) is 12.2.